The van der Waals surface area contributed by atoms with Crippen LogP contribution in [0, 0.1) is 10.1 Å². The van der Waals surface area contributed by atoms with Crippen LogP contribution in [0.15, 0.2) is 51.9 Å². The molecule has 0 saturated heterocycles. The average Bonchev–Trinajstić information content (AvgIpc) is 2.90. The van der Waals surface area contributed by atoms with Gasteiger partial charge in [0, 0.05) is 28.7 Å². The molecule has 3 aromatic rings. The van der Waals surface area contributed by atoms with Gasteiger partial charge in [-0.25, -0.2) is 0 Å². The molecule has 0 fully saturated rings. The van der Waals surface area contributed by atoms with Crippen LogP contribution in [0.2, 0.25) is 0 Å². The van der Waals surface area contributed by atoms with Crippen LogP contribution in [-0.4, -0.2) is 15.4 Å². The van der Waals surface area contributed by atoms with Crippen LogP contribution in [0.5, 0.6) is 0 Å². The molecule has 8 heteroatoms. The Labute approximate surface area is 149 Å². The SMILES string of the molecule is CCn1c(=NC(=O)c2cccc(Br)c2)sc2cc([N+](=O)[O-])ccc21. The number of hydrogen-bond donors (Lipinski definition) is 0. The summed E-state index contributed by atoms with van der Waals surface area (Å²) in [6.45, 7) is 2.55. The number of nitrogens with zero attached hydrogens (tertiary/aromatic N) is 3. The number of benzene rings is 2. The zero-order valence-corrected chi connectivity index (χ0v) is 15.0. The summed E-state index contributed by atoms with van der Waals surface area (Å²) in [6, 6.07) is 11.7. The molecule has 6 nitrogen and oxygen atoms in total. The predicted molar refractivity (Wildman–Crippen MR) is 96.2 cm³/mol. The summed E-state index contributed by atoms with van der Waals surface area (Å²) in [6.07, 6.45) is 0. The van der Waals surface area contributed by atoms with Crippen LogP contribution in [0.4, 0.5) is 5.69 Å². The van der Waals surface area contributed by atoms with E-state index in [2.05, 4.69) is 20.9 Å². The third kappa shape index (κ3) is 3.15. The molecule has 0 aliphatic heterocycles. The van der Waals surface area contributed by atoms with Crippen LogP contribution >= 0.6 is 27.3 Å². The first-order valence-corrected chi connectivity index (χ1v) is 8.73. The molecule has 2 aromatic carbocycles. The molecule has 1 heterocycles. The summed E-state index contributed by atoms with van der Waals surface area (Å²) < 4.78 is 3.41. The Morgan fingerprint density at radius 1 is 1.33 bits per heavy atom. The maximum Gasteiger partial charge on any atom is 0.279 e. The first-order chi connectivity index (χ1) is 11.5. The third-order valence-electron chi connectivity index (χ3n) is 3.46. The summed E-state index contributed by atoms with van der Waals surface area (Å²) >= 11 is 4.60. The normalized spacial score (nSPS) is 11.8. The van der Waals surface area contributed by atoms with Crippen molar-refractivity contribution in [2.75, 3.05) is 0 Å². The number of nitro benzene ring substituents is 1. The Hall–Kier alpha value is -2.32. The van der Waals surface area contributed by atoms with E-state index in [-0.39, 0.29) is 11.6 Å². The van der Waals surface area contributed by atoms with E-state index in [9.17, 15) is 14.9 Å². The number of non-ortho nitro benzene ring substituents is 1. The van der Waals surface area contributed by atoms with Crippen molar-refractivity contribution in [1.82, 2.24) is 4.57 Å². The van der Waals surface area contributed by atoms with Gasteiger partial charge in [-0.2, -0.15) is 4.99 Å². The number of rotatable bonds is 3. The topological polar surface area (TPSA) is 77.5 Å². The lowest BCUT2D eigenvalue weighted by atomic mass is 10.2. The van der Waals surface area contributed by atoms with E-state index in [1.165, 1.54) is 23.5 Å². The van der Waals surface area contributed by atoms with E-state index in [4.69, 9.17) is 0 Å². The van der Waals surface area contributed by atoms with Crippen molar-refractivity contribution in [2.24, 2.45) is 4.99 Å². The van der Waals surface area contributed by atoms with E-state index >= 15 is 0 Å². The summed E-state index contributed by atoms with van der Waals surface area (Å²) in [5.74, 6) is -0.348. The summed E-state index contributed by atoms with van der Waals surface area (Å²) in [7, 11) is 0. The molecule has 0 bridgehead atoms. The molecule has 24 heavy (non-hydrogen) atoms. The standard InChI is InChI=1S/C16H12BrN3O3S/c1-2-19-13-7-6-12(20(22)23)9-14(13)24-16(19)18-15(21)10-4-3-5-11(17)8-10/h3-9H,2H2,1H3. The molecule has 0 aliphatic rings. The van der Waals surface area contributed by atoms with Crippen LogP contribution in [0.1, 0.15) is 17.3 Å². The number of aromatic nitrogens is 1. The molecule has 0 radical (unpaired) electrons. The number of hydrogen-bond acceptors (Lipinski definition) is 4. The van der Waals surface area contributed by atoms with Crippen molar-refractivity contribution in [3.63, 3.8) is 0 Å². The van der Waals surface area contributed by atoms with Crippen molar-refractivity contribution in [2.45, 2.75) is 13.5 Å². The van der Waals surface area contributed by atoms with Crippen LogP contribution < -0.4 is 4.80 Å². The highest BCUT2D eigenvalue weighted by Gasteiger charge is 2.12. The first-order valence-electron chi connectivity index (χ1n) is 7.12. The highest BCUT2D eigenvalue weighted by molar-refractivity contribution is 9.10. The number of carbonyl (C=O) groups is 1. The molecule has 1 amide bonds. The second-order valence-corrected chi connectivity index (χ2v) is 6.89. The first kappa shape index (κ1) is 16.5. The second-order valence-electron chi connectivity index (χ2n) is 4.97. The van der Waals surface area contributed by atoms with Gasteiger partial charge < -0.3 is 4.57 Å². The minimum atomic E-state index is -0.432. The average molecular weight is 406 g/mol. The minimum absolute atomic E-state index is 0.0249. The molecule has 0 atom stereocenters. The highest BCUT2D eigenvalue weighted by atomic mass is 79.9. The van der Waals surface area contributed by atoms with E-state index in [1.54, 1.807) is 24.3 Å². The fraction of sp³-hybridized carbons (Fsp3) is 0.125. The zero-order valence-electron chi connectivity index (χ0n) is 12.6. The van der Waals surface area contributed by atoms with Gasteiger partial charge in [0.1, 0.15) is 0 Å². The van der Waals surface area contributed by atoms with Crippen molar-refractivity contribution >= 4 is 49.1 Å². The molecule has 0 N–H and O–H groups in total. The van der Waals surface area contributed by atoms with E-state index in [1.807, 2.05) is 17.6 Å². The Morgan fingerprint density at radius 3 is 2.79 bits per heavy atom. The fourth-order valence-electron chi connectivity index (χ4n) is 2.34. The lowest BCUT2D eigenvalue weighted by Gasteiger charge is -2.00. The van der Waals surface area contributed by atoms with Crippen molar-refractivity contribution in [1.29, 1.82) is 0 Å². The van der Waals surface area contributed by atoms with Crippen molar-refractivity contribution in [3.05, 3.63) is 67.4 Å². The molecule has 1 aromatic heterocycles. The lowest BCUT2D eigenvalue weighted by Crippen LogP contribution is -2.15. The Bertz CT molecular complexity index is 1020. The summed E-state index contributed by atoms with van der Waals surface area (Å²) in [5, 5.41) is 10.9. The maximum absolute atomic E-state index is 12.4. The Balaban J connectivity index is 2.14. The molecule has 0 spiro atoms. The van der Waals surface area contributed by atoms with Gasteiger partial charge in [0.25, 0.3) is 11.6 Å². The highest BCUT2D eigenvalue weighted by Crippen LogP contribution is 2.23. The third-order valence-corrected chi connectivity index (χ3v) is 5.00. The van der Waals surface area contributed by atoms with Crippen LogP contribution in [-0.2, 0) is 6.54 Å². The molecular formula is C16H12BrN3O3S. The molecule has 0 unspecified atom stereocenters. The van der Waals surface area contributed by atoms with Gasteiger partial charge >= 0.3 is 0 Å². The van der Waals surface area contributed by atoms with Crippen LogP contribution in [0.25, 0.3) is 10.2 Å². The van der Waals surface area contributed by atoms with Crippen molar-refractivity contribution < 1.29 is 9.72 Å². The van der Waals surface area contributed by atoms with Gasteiger partial charge in [-0.15, -0.1) is 0 Å². The number of fused-ring (bicyclic) bond motifs is 1. The van der Waals surface area contributed by atoms with Gasteiger partial charge in [-0.3, -0.25) is 14.9 Å². The van der Waals surface area contributed by atoms with Gasteiger partial charge in [-0.1, -0.05) is 33.3 Å². The smallest absolute Gasteiger partial charge is 0.279 e. The van der Waals surface area contributed by atoms with E-state index in [0.717, 1.165) is 14.7 Å². The van der Waals surface area contributed by atoms with Gasteiger partial charge in [0.15, 0.2) is 4.80 Å². The van der Waals surface area contributed by atoms with E-state index in [0.29, 0.717) is 16.9 Å². The number of aryl methyl sites for hydroxylation is 1. The van der Waals surface area contributed by atoms with Gasteiger partial charge in [0.05, 0.1) is 15.1 Å². The molecule has 0 aliphatic carbocycles. The quantitative estimate of drug-likeness (QED) is 0.485. The van der Waals surface area contributed by atoms with Gasteiger partial charge in [-0.05, 0) is 31.2 Å². The molecule has 0 saturated carbocycles. The number of halogens is 1. The Kier molecular flexibility index (Phi) is 4.59. The second kappa shape index (κ2) is 6.66. The zero-order chi connectivity index (χ0) is 17.3. The Morgan fingerprint density at radius 2 is 2.12 bits per heavy atom. The number of amides is 1. The van der Waals surface area contributed by atoms with E-state index < -0.39 is 4.92 Å². The maximum atomic E-state index is 12.4. The molecule has 3 rings (SSSR count). The molecule has 122 valence electrons. The largest absolute Gasteiger partial charge is 0.317 e. The summed E-state index contributed by atoms with van der Waals surface area (Å²) in [5.41, 5.74) is 1.33. The number of nitro groups is 1. The fourth-order valence-corrected chi connectivity index (χ4v) is 3.86. The van der Waals surface area contributed by atoms with Crippen LogP contribution in [0.3, 0.4) is 0 Å². The minimum Gasteiger partial charge on any atom is -0.317 e. The number of thiazole rings is 1. The predicted octanol–water partition coefficient (Wildman–Crippen LogP) is 4.13. The summed E-state index contributed by atoms with van der Waals surface area (Å²) in [4.78, 5) is 27.6. The van der Waals surface area contributed by atoms with Crippen molar-refractivity contribution in [3.8, 4) is 0 Å². The monoisotopic (exact) mass is 405 g/mol. The molecular weight excluding hydrogens is 394 g/mol. The van der Waals surface area contributed by atoms with Gasteiger partial charge in [0.2, 0.25) is 0 Å². The lowest BCUT2D eigenvalue weighted by molar-refractivity contribution is -0.384. The number of carbonyl (C=O) groups excluding carboxylic acids is 1.